The Morgan fingerprint density at radius 2 is 1.59 bits per heavy atom. The number of amides is 2. The summed E-state index contributed by atoms with van der Waals surface area (Å²) in [5.41, 5.74) is 2.53. The van der Waals surface area contributed by atoms with E-state index in [2.05, 4.69) is 11.9 Å². The normalized spacial score (nSPS) is 13.3. The molecule has 0 spiro atoms. The number of carbonyl (C=O) groups is 3. The fourth-order valence-corrected chi connectivity index (χ4v) is 3.75. The summed E-state index contributed by atoms with van der Waals surface area (Å²) in [6.45, 7) is 5.85. The lowest BCUT2D eigenvalue weighted by Gasteiger charge is -2.21. The van der Waals surface area contributed by atoms with Crippen LogP contribution in [0.15, 0.2) is 85.4 Å². The minimum Gasteiger partial charge on any atom is -0.492 e. The van der Waals surface area contributed by atoms with E-state index >= 15 is 0 Å². The molecule has 7 nitrogen and oxygen atoms in total. The highest BCUT2D eigenvalue weighted by atomic mass is 16.5. The third-order valence-corrected chi connectivity index (χ3v) is 5.36. The number of nitrogens with one attached hydrogen (secondary N) is 1. The van der Waals surface area contributed by atoms with E-state index in [4.69, 9.17) is 9.47 Å². The molecule has 1 N–H and O–H groups in total. The second-order valence-electron chi connectivity index (χ2n) is 7.58. The fraction of sp³-hybridized carbons (Fsp3) is 0.148. The van der Waals surface area contributed by atoms with Gasteiger partial charge in [0, 0.05) is 22.4 Å². The highest BCUT2D eigenvalue weighted by Crippen LogP contribution is 2.31. The number of esters is 1. The van der Waals surface area contributed by atoms with Crippen LogP contribution in [0.1, 0.15) is 34.5 Å². The molecule has 4 rings (SSSR count). The van der Waals surface area contributed by atoms with Crippen LogP contribution in [0, 0.1) is 0 Å². The van der Waals surface area contributed by atoms with Crippen LogP contribution in [-0.2, 0) is 14.3 Å². The zero-order valence-electron chi connectivity index (χ0n) is 18.7. The van der Waals surface area contributed by atoms with Crippen molar-refractivity contribution in [1.82, 2.24) is 4.90 Å². The van der Waals surface area contributed by atoms with Crippen molar-refractivity contribution in [1.29, 1.82) is 0 Å². The van der Waals surface area contributed by atoms with E-state index in [-0.39, 0.29) is 12.5 Å². The predicted molar refractivity (Wildman–Crippen MR) is 128 cm³/mol. The summed E-state index contributed by atoms with van der Waals surface area (Å²) < 4.78 is 11.2. The Bertz CT molecular complexity index is 1200. The summed E-state index contributed by atoms with van der Waals surface area (Å²) >= 11 is 0. The minimum absolute atomic E-state index is 0.330. The molecular formula is C27H24N2O5. The molecule has 7 heteroatoms. The quantitative estimate of drug-likeness (QED) is 0.507. The van der Waals surface area contributed by atoms with Crippen LogP contribution in [0.4, 0.5) is 5.69 Å². The molecule has 1 heterocycles. The summed E-state index contributed by atoms with van der Waals surface area (Å²) in [7, 11) is 0. The molecule has 1 unspecified atom stereocenters. The third kappa shape index (κ3) is 4.68. The van der Waals surface area contributed by atoms with Crippen molar-refractivity contribution < 1.29 is 23.9 Å². The van der Waals surface area contributed by atoms with Gasteiger partial charge >= 0.3 is 5.97 Å². The van der Waals surface area contributed by atoms with Crippen LogP contribution < -0.4 is 10.1 Å². The number of para-hydroxylation sites is 2. The molecule has 1 aliphatic rings. The van der Waals surface area contributed by atoms with Gasteiger partial charge in [0.15, 0.2) is 0 Å². The van der Waals surface area contributed by atoms with E-state index in [1.54, 1.807) is 78.9 Å². The Balaban J connectivity index is 1.52. The maximum atomic E-state index is 13.2. The van der Waals surface area contributed by atoms with E-state index in [1.807, 2.05) is 6.92 Å². The third-order valence-electron chi connectivity index (χ3n) is 5.36. The van der Waals surface area contributed by atoms with Crippen LogP contribution >= 0.6 is 0 Å². The average molecular weight is 456 g/mol. The van der Waals surface area contributed by atoms with Crippen molar-refractivity contribution in [2.75, 3.05) is 18.5 Å². The van der Waals surface area contributed by atoms with Crippen molar-refractivity contribution in [2.24, 2.45) is 0 Å². The number of hydrogen-bond donors (Lipinski definition) is 1. The van der Waals surface area contributed by atoms with E-state index in [0.29, 0.717) is 40.4 Å². The number of benzene rings is 3. The molecule has 34 heavy (non-hydrogen) atoms. The summed E-state index contributed by atoms with van der Waals surface area (Å²) in [5.74, 6) is -1.09. The Morgan fingerprint density at radius 1 is 0.941 bits per heavy atom. The molecule has 0 saturated carbocycles. The largest absolute Gasteiger partial charge is 0.492 e. The van der Waals surface area contributed by atoms with Gasteiger partial charge in [-0.3, -0.25) is 19.3 Å². The molecule has 0 aliphatic carbocycles. The van der Waals surface area contributed by atoms with Crippen molar-refractivity contribution >= 4 is 29.2 Å². The lowest BCUT2D eigenvalue weighted by molar-refractivity contribution is -0.154. The van der Waals surface area contributed by atoms with Crippen molar-refractivity contribution in [2.45, 2.75) is 13.0 Å². The van der Waals surface area contributed by atoms with E-state index in [1.165, 1.54) is 4.90 Å². The highest BCUT2D eigenvalue weighted by molar-refractivity contribution is 6.10. The smallest absolute Gasteiger partial charge is 0.327 e. The van der Waals surface area contributed by atoms with E-state index in [9.17, 15) is 14.4 Å². The maximum Gasteiger partial charge on any atom is 0.327 e. The molecule has 172 valence electrons. The topological polar surface area (TPSA) is 84.9 Å². The van der Waals surface area contributed by atoms with Crippen molar-refractivity contribution in [3.8, 4) is 5.75 Å². The standard InChI is InChI=1S/C27H24N2O5/c1-3-33-23-16-10-9-15-22(23)28-26(31)25(19-11-5-4-6-12-19)34-24(30)17-29-18(2)20-13-7-8-14-21(20)27(29)32/h4-16,25H,2-3,17H2,1H3,(H,28,31). The molecule has 1 aliphatic heterocycles. The Kier molecular flexibility index (Phi) is 6.73. The molecule has 3 aromatic carbocycles. The summed E-state index contributed by atoms with van der Waals surface area (Å²) in [6, 6.07) is 22.7. The fourth-order valence-electron chi connectivity index (χ4n) is 3.75. The molecule has 0 radical (unpaired) electrons. The van der Waals surface area contributed by atoms with Crippen molar-refractivity contribution in [3.63, 3.8) is 0 Å². The number of nitrogens with zero attached hydrogens (tertiary/aromatic N) is 1. The number of carbonyl (C=O) groups excluding carboxylic acids is 3. The van der Waals surface area contributed by atoms with Gasteiger partial charge in [-0.05, 0) is 25.1 Å². The van der Waals surface area contributed by atoms with Gasteiger partial charge in [0.1, 0.15) is 12.3 Å². The first kappa shape index (κ1) is 22.8. The van der Waals surface area contributed by atoms with Gasteiger partial charge in [-0.25, -0.2) is 0 Å². The van der Waals surface area contributed by atoms with Crippen LogP contribution in [0.5, 0.6) is 5.75 Å². The van der Waals surface area contributed by atoms with Gasteiger partial charge in [0.25, 0.3) is 11.8 Å². The molecule has 0 bridgehead atoms. The van der Waals surface area contributed by atoms with Crippen molar-refractivity contribution in [3.05, 3.63) is 102 Å². The Morgan fingerprint density at radius 3 is 2.29 bits per heavy atom. The molecule has 2 amide bonds. The number of rotatable bonds is 8. The van der Waals surface area contributed by atoms with Gasteiger partial charge in [0.05, 0.1) is 12.3 Å². The molecule has 1 atom stereocenters. The predicted octanol–water partition coefficient (Wildman–Crippen LogP) is 4.44. The zero-order valence-corrected chi connectivity index (χ0v) is 18.7. The maximum absolute atomic E-state index is 13.2. The van der Waals surface area contributed by atoms with Gasteiger partial charge < -0.3 is 14.8 Å². The molecule has 0 aromatic heterocycles. The average Bonchev–Trinajstić information content (AvgIpc) is 3.09. The lowest BCUT2D eigenvalue weighted by Crippen LogP contribution is -2.33. The van der Waals surface area contributed by atoms with E-state index in [0.717, 1.165) is 0 Å². The molecule has 0 saturated heterocycles. The zero-order chi connectivity index (χ0) is 24.1. The summed E-state index contributed by atoms with van der Waals surface area (Å²) in [6.07, 6.45) is -1.23. The SMILES string of the molecule is C=C1c2ccccc2C(=O)N1CC(=O)OC(C(=O)Nc1ccccc1OCC)c1ccccc1. The van der Waals surface area contributed by atoms with Crippen LogP contribution in [-0.4, -0.2) is 35.8 Å². The first-order valence-corrected chi connectivity index (χ1v) is 10.9. The highest BCUT2D eigenvalue weighted by Gasteiger charge is 2.34. The number of ether oxygens (including phenoxy) is 2. The number of fused-ring (bicyclic) bond motifs is 1. The van der Waals surface area contributed by atoms with Gasteiger partial charge in [-0.1, -0.05) is 67.2 Å². The molecule has 0 fully saturated rings. The number of anilines is 1. The second kappa shape index (κ2) is 10.0. The van der Waals surface area contributed by atoms with E-state index < -0.39 is 18.0 Å². The van der Waals surface area contributed by atoms with Crippen LogP contribution in [0.3, 0.4) is 0 Å². The van der Waals surface area contributed by atoms with Crippen LogP contribution in [0.25, 0.3) is 5.70 Å². The second-order valence-corrected chi connectivity index (χ2v) is 7.58. The van der Waals surface area contributed by atoms with Gasteiger partial charge in [-0.15, -0.1) is 0 Å². The minimum atomic E-state index is -1.23. The van der Waals surface area contributed by atoms with Crippen LogP contribution in [0.2, 0.25) is 0 Å². The van der Waals surface area contributed by atoms with Gasteiger partial charge in [0.2, 0.25) is 6.10 Å². The molecule has 3 aromatic rings. The summed E-state index contributed by atoms with van der Waals surface area (Å²) in [4.78, 5) is 40.1. The first-order valence-electron chi connectivity index (χ1n) is 10.9. The number of hydrogen-bond acceptors (Lipinski definition) is 5. The van der Waals surface area contributed by atoms with Gasteiger partial charge in [-0.2, -0.15) is 0 Å². The Hall–Kier alpha value is -4.39. The molecular weight excluding hydrogens is 432 g/mol. The Labute approximate surface area is 197 Å². The lowest BCUT2D eigenvalue weighted by atomic mass is 10.1. The monoisotopic (exact) mass is 456 g/mol. The first-order chi connectivity index (χ1) is 16.5. The summed E-state index contributed by atoms with van der Waals surface area (Å²) in [5, 5.41) is 2.79.